The van der Waals surface area contributed by atoms with Gasteiger partial charge in [-0.25, -0.2) is 9.37 Å². The van der Waals surface area contributed by atoms with Crippen LogP contribution in [0.2, 0.25) is 0 Å². The summed E-state index contributed by atoms with van der Waals surface area (Å²) >= 11 is 1.30. The van der Waals surface area contributed by atoms with E-state index in [9.17, 15) is 9.18 Å². The number of hydrogen-bond acceptors (Lipinski definition) is 7. The number of carbonyl (C=O) groups is 1. The Kier molecular flexibility index (Phi) is 7.49. The van der Waals surface area contributed by atoms with Gasteiger partial charge in [-0.1, -0.05) is 41.6 Å². The lowest BCUT2D eigenvalue weighted by Crippen LogP contribution is -2.50. The van der Waals surface area contributed by atoms with Crippen LogP contribution in [0.25, 0.3) is 22.1 Å². The standard InChI is InChI=1S/C31H31FN6O2S/c1-20-8-13-27-25(18-20)28-29(38(27)19-22-6-4-5-7-26(22)32)33-31(35-34-28)41-21(2)30(39)37-16-14-36(15-17-37)23-9-11-24(40-3)12-10-23/h4-13,18,21H,14-17,19H2,1-3H3. The summed E-state index contributed by atoms with van der Waals surface area (Å²) in [6.07, 6.45) is 0. The summed E-state index contributed by atoms with van der Waals surface area (Å²) in [7, 11) is 1.66. The molecular formula is C31H31FN6O2S. The molecule has 1 amide bonds. The summed E-state index contributed by atoms with van der Waals surface area (Å²) in [6.45, 7) is 7.02. The largest absolute Gasteiger partial charge is 0.497 e. The summed E-state index contributed by atoms with van der Waals surface area (Å²) < 4.78 is 21.8. The molecule has 1 unspecified atom stereocenters. The van der Waals surface area contributed by atoms with Crippen molar-refractivity contribution in [3.63, 3.8) is 0 Å². The predicted octanol–water partition coefficient (Wildman–Crippen LogP) is 5.31. The molecule has 0 saturated carbocycles. The van der Waals surface area contributed by atoms with Gasteiger partial charge in [0.05, 0.1) is 24.4 Å². The number of halogens is 1. The molecule has 1 fully saturated rings. The van der Waals surface area contributed by atoms with E-state index >= 15 is 0 Å². The van der Waals surface area contributed by atoms with Crippen molar-refractivity contribution in [3.05, 3.63) is 83.7 Å². The maximum atomic E-state index is 14.6. The number of aromatic nitrogens is 4. The Morgan fingerprint density at radius 2 is 1.78 bits per heavy atom. The molecule has 0 N–H and O–H groups in total. The number of amides is 1. The number of anilines is 1. The molecule has 10 heteroatoms. The van der Waals surface area contributed by atoms with Crippen molar-refractivity contribution in [1.82, 2.24) is 24.6 Å². The van der Waals surface area contributed by atoms with E-state index in [1.165, 1.54) is 17.8 Å². The Hall–Kier alpha value is -4.18. The van der Waals surface area contributed by atoms with E-state index in [0.29, 0.717) is 41.5 Å². The van der Waals surface area contributed by atoms with Gasteiger partial charge in [0.15, 0.2) is 5.65 Å². The average Bonchev–Trinajstić information content (AvgIpc) is 3.29. The molecule has 41 heavy (non-hydrogen) atoms. The van der Waals surface area contributed by atoms with Gasteiger partial charge in [-0.2, -0.15) is 0 Å². The third-order valence-corrected chi connectivity index (χ3v) is 8.49. The number of aryl methyl sites for hydroxylation is 1. The molecule has 0 bridgehead atoms. The van der Waals surface area contributed by atoms with Crippen molar-refractivity contribution in [1.29, 1.82) is 0 Å². The van der Waals surface area contributed by atoms with Crippen LogP contribution >= 0.6 is 11.8 Å². The molecule has 3 aromatic carbocycles. The molecule has 6 rings (SSSR count). The van der Waals surface area contributed by atoms with E-state index in [4.69, 9.17) is 9.72 Å². The third-order valence-electron chi connectivity index (χ3n) is 7.55. The first-order valence-electron chi connectivity index (χ1n) is 13.6. The Morgan fingerprint density at radius 3 is 2.51 bits per heavy atom. The highest BCUT2D eigenvalue weighted by molar-refractivity contribution is 8.00. The second-order valence-electron chi connectivity index (χ2n) is 10.2. The van der Waals surface area contributed by atoms with Crippen LogP contribution in [0.15, 0.2) is 71.9 Å². The number of piperazine rings is 1. The summed E-state index contributed by atoms with van der Waals surface area (Å²) in [5.74, 6) is 0.610. The van der Waals surface area contributed by atoms with E-state index in [0.717, 1.165) is 41.0 Å². The van der Waals surface area contributed by atoms with Gasteiger partial charge in [0.1, 0.15) is 17.1 Å². The number of methoxy groups -OCH3 is 1. The summed E-state index contributed by atoms with van der Waals surface area (Å²) in [4.78, 5) is 22.4. The van der Waals surface area contributed by atoms with Crippen molar-refractivity contribution in [2.24, 2.45) is 0 Å². The van der Waals surface area contributed by atoms with Crippen molar-refractivity contribution in [2.75, 3.05) is 38.2 Å². The number of thioether (sulfide) groups is 1. The molecule has 1 aliphatic heterocycles. The van der Waals surface area contributed by atoms with Crippen molar-refractivity contribution < 1.29 is 13.9 Å². The Balaban J connectivity index is 1.20. The third kappa shape index (κ3) is 5.44. The topological polar surface area (TPSA) is 76.4 Å². The average molecular weight is 571 g/mol. The zero-order valence-electron chi connectivity index (χ0n) is 23.2. The van der Waals surface area contributed by atoms with Crippen LogP contribution in [0.4, 0.5) is 10.1 Å². The molecule has 210 valence electrons. The first-order valence-corrected chi connectivity index (χ1v) is 14.5. The zero-order valence-corrected chi connectivity index (χ0v) is 24.1. The minimum Gasteiger partial charge on any atom is -0.497 e. The second kappa shape index (κ2) is 11.4. The minimum atomic E-state index is -0.381. The van der Waals surface area contributed by atoms with E-state index in [1.807, 2.05) is 65.8 Å². The highest BCUT2D eigenvalue weighted by atomic mass is 32.2. The normalized spacial score (nSPS) is 14.5. The maximum absolute atomic E-state index is 14.6. The van der Waals surface area contributed by atoms with Gasteiger partial charge in [-0.3, -0.25) is 4.79 Å². The molecular weight excluding hydrogens is 539 g/mol. The number of ether oxygens (including phenoxy) is 1. The molecule has 1 saturated heterocycles. The fourth-order valence-corrected chi connectivity index (χ4v) is 6.10. The van der Waals surface area contributed by atoms with E-state index in [2.05, 4.69) is 21.2 Å². The van der Waals surface area contributed by atoms with Crippen molar-refractivity contribution in [3.8, 4) is 5.75 Å². The Morgan fingerprint density at radius 1 is 1.02 bits per heavy atom. The van der Waals surface area contributed by atoms with Crippen LogP contribution in [-0.4, -0.2) is 69.1 Å². The number of benzene rings is 3. The van der Waals surface area contributed by atoms with Crippen LogP contribution in [0, 0.1) is 12.7 Å². The van der Waals surface area contributed by atoms with E-state index in [-0.39, 0.29) is 17.0 Å². The molecule has 1 atom stereocenters. The Bertz CT molecular complexity index is 1720. The molecule has 3 heterocycles. The lowest BCUT2D eigenvalue weighted by atomic mass is 10.1. The molecule has 1 aliphatic rings. The summed E-state index contributed by atoms with van der Waals surface area (Å²) in [6, 6.07) is 20.8. The molecule has 0 radical (unpaired) electrons. The SMILES string of the molecule is COc1ccc(N2CCN(C(=O)C(C)Sc3nnc4c5cc(C)ccc5n(Cc5ccccc5F)c4n3)CC2)cc1. The quantitative estimate of drug-likeness (QED) is 0.245. The Labute approximate surface area is 242 Å². The lowest BCUT2D eigenvalue weighted by Gasteiger charge is -2.37. The number of nitrogens with zero attached hydrogens (tertiary/aromatic N) is 6. The number of carbonyl (C=O) groups excluding carboxylic acids is 1. The van der Waals surface area contributed by atoms with Crippen LogP contribution in [0.3, 0.4) is 0 Å². The molecule has 0 spiro atoms. The van der Waals surface area contributed by atoms with Crippen LogP contribution in [0.5, 0.6) is 5.75 Å². The lowest BCUT2D eigenvalue weighted by molar-refractivity contribution is -0.130. The monoisotopic (exact) mass is 570 g/mol. The molecule has 8 nitrogen and oxygen atoms in total. The number of fused-ring (bicyclic) bond motifs is 3. The van der Waals surface area contributed by atoms with E-state index in [1.54, 1.807) is 19.2 Å². The van der Waals surface area contributed by atoms with Crippen LogP contribution < -0.4 is 9.64 Å². The van der Waals surface area contributed by atoms with Gasteiger partial charge in [0.2, 0.25) is 11.1 Å². The smallest absolute Gasteiger partial charge is 0.236 e. The number of rotatable bonds is 7. The minimum absolute atomic E-state index is 0.0515. The van der Waals surface area contributed by atoms with Crippen molar-refractivity contribution >= 4 is 45.4 Å². The first-order chi connectivity index (χ1) is 19.9. The van der Waals surface area contributed by atoms with Crippen LogP contribution in [-0.2, 0) is 11.3 Å². The van der Waals surface area contributed by atoms with Gasteiger partial charge in [-0.05, 0) is 56.3 Å². The predicted molar refractivity (Wildman–Crippen MR) is 160 cm³/mol. The maximum Gasteiger partial charge on any atom is 0.236 e. The highest BCUT2D eigenvalue weighted by Gasteiger charge is 2.27. The molecule has 5 aromatic rings. The first kappa shape index (κ1) is 27.0. The van der Waals surface area contributed by atoms with Gasteiger partial charge < -0.3 is 19.1 Å². The fourth-order valence-electron chi connectivity index (χ4n) is 5.31. The summed E-state index contributed by atoms with van der Waals surface area (Å²) in [5, 5.41) is 9.87. The van der Waals surface area contributed by atoms with Crippen molar-refractivity contribution in [2.45, 2.75) is 30.8 Å². The number of hydrogen-bond donors (Lipinski definition) is 0. The molecule has 0 aliphatic carbocycles. The van der Waals surface area contributed by atoms with Crippen LogP contribution in [0.1, 0.15) is 18.1 Å². The molecule has 2 aromatic heterocycles. The van der Waals surface area contributed by atoms with E-state index < -0.39 is 0 Å². The fraction of sp³-hybridized carbons (Fsp3) is 0.290. The summed E-state index contributed by atoms with van der Waals surface area (Å²) in [5.41, 5.74) is 4.98. The highest BCUT2D eigenvalue weighted by Crippen LogP contribution is 2.31. The zero-order chi connectivity index (χ0) is 28.5. The second-order valence-corrected chi connectivity index (χ2v) is 11.5. The van der Waals surface area contributed by atoms with Gasteiger partial charge in [0, 0.05) is 42.8 Å². The van der Waals surface area contributed by atoms with Gasteiger partial charge in [-0.15, -0.1) is 10.2 Å². The van der Waals surface area contributed by atoms with Gasteiger partial charge >= 0.3 is 0 Å². The van der Waals surface area contributed by atoms with Gasteiger partial charge in [0.25, 0.3) is 0 Å².